The molecule has 8 nitrogen and oxygen atoms in total. The van der Waals surface area contributed by atoms with E-state index in [1.165, 1.54) is 6.07 Å². The van der Waals surface area contributed by atoms with E-state index < -0.39 is 29.2 Å². The van der Waals surface area contributed by atoms with Crippen molar-refractivity contribution in [3.63, 3.8) is 0 Å². The Kier molecular flexibility index (Phi) is 5.86. The number of rotatable bonds is 6. The van der Waals surface area contributed by atoms with Gasteiger partial charge in [-0.25, -0.2) is 8.42 Å². The number of aliphatic hydroxyl groups is 2. The summed E-state index contributed by atoms with van der Waals surface area (Å²) in [6.07, 6.45) is -0.137. The number of para-hydroxylation sites is 1. The lowest BCUT2D eigenvalue weighted by atomic mass is 9.72. The van der Waals surface area contributed by atoms with E-state index >= 15 is 0 Å². The maximum absolute atomic E-state index is 11.9. The van der Waals surface area contributed by atoms with Gasteiger partial charge in [0.15, 0.2) is 6.29 Å². The quantitative estimate of drug-likeness (QED) is 0.376. The SMILES string of the molecule is CS(=O)(=O)CCCC(=O)N[C@H]1Cc2cccc(C(O)O)c2OB1O. The van der Waals surface area contributed by atoms with Crippen molar-refractivity contribution in [3.05, 3.63) is 29.3 Å². The van der Waals surface area contributed by atoms with Gasteiger partial charge in [0, 0.05) is 18.2 Å². The van der Waals surface area contributed by atoms with E-state index in [-0.39, 0.29) is 42.2 Å². The van der Waals surface area contributed by atoms with Crippen molar-refractivity contribution in [1.82, 2.24) is 5.32 Å². The number of carbonyl (C=O) groups excluding carboxylic acids is 1. The number of nitrogens with one attached hydrogen (secondary N) is 1. The van der Waals surface area contributed by atoms with E-state index in [4.69, 9.17) is 4.65 Å². The number of aliphatic hydroxyl groups excluding tert-OH is 1. The molecule has 0 spiro atoms. The third-order valence-electron chi connectivity index (χ3n) is 3.69. The molecule has 0 unspecified atom stereocenters. The number of benzene rings is 1. The Bertz CT molecular complexity index is 707. The molecule has 1 aromatic rings. The number of sulfone groups is 1. The second-order valence-electron chi connectivity index (χ2n) is 5.83. The van der Waals surface area contributed by atoms with Crippen LogP contribution in [0.25, 0.3) is 0 Å². The Hall–Kier alpha value is -1.62. The van der Waals surface area contributed by atoms with Crippen molar-refractivity contribution in [3.8, 4) is 5.75 Å². The Morgan fingerprint density at radius 2 is 2.17 bits per heavy atom. The van der Waals surface area contributed by atoms with Gasteiger partial charge in [-0.3, -0.25) is 4.79 Å². The molecular weight excluding hydrogens is 337 g/mol. The Morgan fingerprint density at radius 1 is 1.46 bits per heavy atom. The van der Waals surface area contributed by atoms with Crippen LogP contribution in [0, 0.1) is 0 Å². The van der Waals surface area contributed by atoms with E-state index in [0.717, 1.165) is 6.26 Å². The minimum atomic E-state index is -3.12. The number of carbonyl (C=O) groups is 1. The molecular formula is C14H20BNO7S. The maximum atomic E-state index is 11.9. The van der Waals surface area contributed by atoms with Gasteiger partial charge >= 0.3 is 7.12 Å². The molecule has 24 heavy (non-hydrogen) atoms. The molecule has 2 rings (SSSR count). The van der Waals surface area contributed by atoms with E-state index in [1.807, 2.05) is 0 Å². The van der Waals surface area contributed by atoms with Crippen LogP contribution in [-0.2, 0) is 21.1 Å². The predicted molar refractivity (Wildman–Crippen MR) is 86.8 cm³/mol. The highest BCUT2D eigenvalue weighted by Crippen LogP contribution is 2.32. The summed E-state index contributed by atoms with van der Waals surface area (Å²) >= 11 is 0. The van der Waals surface area contributed by atoms with Crippen molar-refractivity contribution >= 4 is 22.9 Å². The van der Waals surface area contributed by atoms with Crippen LogP contribution in [0.1, 0.15) is 30.3 Å². The van der Waals surface area contributed by atoms with Crippen molar-refractivity contribution in [2.24, 2.45) is 0 Å². The van der Waals surface area contributed by atoms with Gasteiger partial charge in [-0.15, -0.1) is 0 Å². The molecule has 1 aromatic carbocycles. The monoisotopic (exact) mass is 357 g/mol. The first-order valence-corrected chi connectivity index (χ1v) is 9.53. The molecule has 1 aliphatic heterocycles. The fourth-order valence-electron chi connectivity index (χ4n) is 2.55. The largest absolute Gasteiger partial charge is 0.547 e. The van der Waals surface area contributed by atoms with Crippen LogP contribution in [0.4, 0.5) is 0 Å². The van der Waals surface area contributed by atoms with Crippen LogP contribution in [0.15, 0.2) is 18.2 Å². The third kappa shape index (κ3) is 4.94. The average Bonchev–Trinajstić information content (AvgIpc) is 2.46. The first kappa shape index (κ1) is 18.7. The molecule has 10 heteroatoms. The van der Waals surface area contributed by atoms with Crippen LogP contribution in [0.2, 0.25) is 0 Å². The van der Waals surface area contributed by atoms with Gasteiger partial charge in [0.25, 0.3) is 0 Å². The summed E-state index contributed by atoms with van der Waals surface area (Å²) < 4.78 is 27.4. The highest BCUT2D eigenvalue weighted by atomic mass is 32.2. The number of fused-ring (bicyclic) bond motifs is 1. The zero-order valence-electron chi connectivity index (χ0n) is 13.2. The fraction of sp³-hybridized carbons (Fsp3) is 0.500. The molecule has 0 bridgehead atoms. The lowest BCUT2D eigenvalue weighted by Gasteiger charge is -2.29. The van der Waals surface area contributed by atoms with Gasteiger partial charge in [0.05, 0.1) is 11.7 Å². The Morgan fingerprint density at radius 3 is 2.79 bits per heavy atom. The molecule has 0 aromatic heterocycles. The van der Waals surface area contributed by atoms with Crippen LogP contribution >= 0.6 is 0 Å². The lowest BCUT2D eigenvalue weighted by molar-refractivity contribution is -0.121. The van der Waals surface area contributed by atoms with Gasteiger partial charge < -0.3 is 25.2 Å². The fourth-order valence-corrected chi connectivity index (χ4v) is 3.22. The van der Waals surface area contributed by atoms with Gasteiger partial charge in [0.2, 0.25) is 5.91 Å². The molecule has 4 N–H and O–H groups in total. The molecule has 0 radical (unpaired) electrons. The summed E-state index contributed by atoms with van der Waals surface area (Å²) in [4.78, 5) is 11.9. The summed E-state index contributed by atoms with van der Waals surface area (Å²) in [6, 6.07) is 4.80. The normalized spacial score (nSPS) is 17.4. The molecule has 0 aliphatic carbocycles. The highest BCUT2D eigenvalue weighted by Gasteiger charge is 2.37. The van der Waals surface area contributed by atoms with Gasteiger partial charge in [-0.05, 0) is 18.4 Å². The summed E-state index contributed by atoms with van der Waals surface area (Å²) in [7, 11) is -4.45. The van der Waals surface area contributed by atoms with Crippen LogP contribution in [0.3, 0.4) is 0 Å². The first-order valence-electron chi connectivity index (χ1n) is 7.47. The first-order chi connectivity index (χ1) is 11.2. The van der Waals surface area contributed by atoms with E-state index in [2.05, 4.69) is 5.32 Å². The zero-order chi connectivity index (χ0) is 17.9. The summed E-state index contributed by atoms with van der Waals surface area (Å²) in [6.45, 7) is 0. The maximum Gasteiger partial charge on any atom is 0.547 e. The Balaban J connectivity index is 1.99. The average molecular weight is 357 g/mol. The van der Waals surface area contributed by atoms with Gasteiger partial charge in [0.1, 0.15) is 15.6 Å². The molecule has 1 atom stereocenters. The lowest BCUT2D eigenvalue weighted by Crippen LogP contribution is -2.53. The number of hydrogen-bond donors (Lipinski definition) is 4. The van der Waals surface area contributed by atoms with E-state index in [1.54, 1.807) is 12.1 Å². The second kappa shape index (κ2) is 7.52. The third-order valence-corrected chi connectivity index (χ3v) is 4.72. The molecule has 1 heterocycles. The Labute approximate surface area is 140 Å². The van der Waals surface area contributed by atoms with Crippen LogP contribution in [0.5, 0.6) is 5.75 Å². The highest BCUT2D eigenvalue weighted by molar-refractivity contribution is 7.90. The van der Waals surface area contributed by atoms with Crippen molar-refractivity contribution in [2.45, 2.75) is 31.5 Å². The summed E-state index contributed by atoms with van der Waals surface area (Å²) in [5.74, 6) is -0.963. The molecule has 1 amide bonds. The smallest absolute Gasteiger partial charge is 0.534 e. The number of hydrogen-bond acceptors (Lipinski definition) is 7. The standard InChI is InChI=1S/C14H20BNO7S/c1-24(21,22)7-3-6-12(17)16-11-8-9-4-2-5-10(14(18)19)13(9)23-15(11)20/h2,4-5,11,14,18-20H,3,6-8H2,1H3,(H,16,17)/t11-/m0/s1. The predicted octanol–water partition coefficient (Wildman–Crippen LogP) is -1.07. The van der Waals surface area contributed by atoms with Gasteiger partial charge in [-0.1, -0.05) is 18.2 Å². The van der Waals surface area contributed by atoms with Crippen molar-refractivity contribution in [2.75, 3.05) is 12.0 Å². The second-order valence-corrected chi connectivity index (χ2v) is 8.09. The topological polar surface area (TPSA) is 133 Å². The van der Waals surface area contributed by atoms with Crippen LogP contribution < -0.4 is 9.97 Å². The minimum absolute atomic E-state index is 0.0263. The molecule has 0 saturated carbocycles. The van der Waals surface area contributed by atoms with E-state index in [9.17, 15) is 28.4 Å². The molecule has 0 fully saturated rings. The van der Waals surface area contributed by atoms with Gasteiger partial charge in [-0.2, -0.15) is 0 Å². The molecule has 1 aliphatic rings. The van der Waals surface area contributed by atoms with Crippen molar-refractivity contribution < 1.29 is 33.1 Å². The minimum Gasteiger partial charge on any atom is -0.534 e. The van der Waals surface area contributed by atoms with E-state index in [0.29, 0.717) is 5.56 Å². The molecule has 132 valence electrons. The summed E-state index contributed by atoms with van der Waals surface area (Å²) in [5.41, 5.74) is 0.775. The molecule has 0 saturated heterocycles. The van der Waals surface area contributed by atoms with Crippen LogP contribution in [-0.4, -0.2) is 54.6 Å². The summed E-state index contributed by atoms with van der Waals surface area (Å²) in [5, 5.41) is 31.3. The van der Waals surface area contributed by atoms with Crippen molar-refractivity contribution in [1.29, 1.82) is 0 Å². The number of amides is 1. The zero-order valence-corrected chi connectivity index (χ0v) is 14.0.